The van der Waals surface area contributed by atoms with E-state index in [2.05, 4.69) is 17.4 Å². The van der Waals surface area contributed by atoms with Crippen LogP contribution in [0.15, 0.2) is 18.2 Å². The molecule has 0 aromatic heterocycles. The highest BCUT2D eigenvalue weighted by molar-refractivity contribution is 7.99. The van der Waals surface area contributed by atoms with Gasteiger partial charge in [-0.3, -0.25) is 4.79 Å². The van der Waals surface area contributed by atoms with Crippen molar-refractivity contribution in [2.45, 2.75) is 37.6 Å². The third-order valence-corrected chi connectivity index (χ3v) is 5.53. The standard InChI is InChI=1S/C16H19NO3S/c18-14(17-16(15(19)20)6-7-21-10-16)9-11-4-5-12-2-1-3-13(12)8-11/h4-5,8H,1-3,6-7,9-10H2,(H,17,18)(H,19,20). The zero-order valence-corrected chi connectivity index (χ0v) is 12.7. The van der Waals surface area contributed by atoms with Crippen molar-refractivity contribution in [1.29, 1.82) is 0 Å². The molecule has 0 bridgehead atoms. The molecule has 1 atom stereocenters. The molecule has 2 N–H and O–H groups in total. The summed E-state index contributed by atoms with van der Waals surface area (Å²) >= 11 is 1.58. The average molecular weight is 305 g/mol. The van der Waals surface area contributed by atoms with Gasteiger partial charge in [0.25, 0.3) is 0 Å². The molecule has 112 valence electrons. The Morgan fingerprint density at radius 3 is 2.81 bits per heavy atom. The van der Waals surface area contributed by atoms with Gasteiger partial charge in [0.2, 0.25) is 5.91 Å². The molecule has 1 aromatic rings. The number of benzene rings is 1. The first-order chi connectivity index (χ1) is 10.1. The number of aliphatic carboxylic acids is 1. The molecule has 1 aliphatic heterocycles. The van der Waals surface area contributed by atoms with Crippen molar-refractivity contribution in [1.82, 2.24) is 5.32 Å². The lowest BCUT2D eigenvalue weighted by atomic mass is 9.98. The van der Waals surface area contributed by atoms with Gasteiger partial charge in [0, 0.05) is 5.75 Å². The molecule has 2 aliphatic rings. The van der Waals surface area contributed by atoms with Gasteiger partial charge in [0.1, 0.15) is 5.54 Å². The first-order valence-corrected chi connectivity index (χ1v) is 8.47. The highest BCUT2D eigenvalue weighted by Gasteiger charge is 2.43. The van der Waals surface area contributed by atoms with Crippen LogP contribution < -0.4 is 5.32 Å². The molecule has 1 saturated heterocycles. The Balaban J connectivity index is 1.67. The minimum Gasteiger partial charge on any atom is -0.479 e. The van der Waals surface area contributed by atoms with Crippen LogP contribution in [0.2, 0.25) is 0 Å². The Bertz CT molecular complexity index is 579. The van der Waals surface area contributed by atoms with Crippen molar-refractivity contribution in [2.24, 2.45) is 0 Å². The fourth-order valence-corrected chi connectivity index (χ4v) is 4.44. The third-order valence-electron chi connectivity index (χ3n) is 4.34. The van der Waals surface area contributed by atoms with Crippen molar-refractivity contribution in [3.05, 3.63) is 34.9 Å². The number of hydrogen-bond acceptors (Lipinski definition) is 3. The molecule has 4 nitrogen and oxygen atoms in total. The largest absolute Gasteiger partial charge is 0.479 e. The maximum absolute atomic E-state index is 12.2. The number of aryl methyl sites for hydroxylation is 2. The van der Waals surface area contributed by atoms with Gasteiger partial charge < -0.3 is 10.4 Å². The van der Waals surface area contributed by atoms with E-state index < -0.39 is 11.5 Å². The highest BCUT2D eigenvalue weighted by Crippen LogP contribution is 2.28. The Hall–Kier alpha value is -1.49. The number of fused-ring (bicyclic) bond motifs is 1. The molecule has 1 aliphatic carbocycles. The SMILES string of the molecule is O=C(Cc1ccc2c(c1)CCC2)NC1(C(=O)O)CCSC1. The minimum atomic E-state index is -1.07. The lowest BCUT2D eigenvalue weighted by Crippen LogP contribution is -2.55. The number of rotatable bonds is 4. The molecule has 1 unspecified atom stereocenters. The van der Waals surface area contributed by atoms with Gasteiger partial charge in [-0.25, -0.2) is 4.79 Å². The number of carboxylic acid groups (broad SMARTS) is 1. The minimum absolute atomic E-state index is 0.196. The average Bonchev–Trinajstić information content (AvgIpc) is 3.07. The van der Waals surface area contributed by atoms with Crippen LogP contribution in [0.5, 0.6) is 0 Å². The molecule has 21 heavy (non-hydrogen) atoms. The van der Waals surface area contributed by atoms with Gasteiger partial charge in [-0.15, -0.1) is 0 Å². The summed E-state index contributed by atoms with van der Waals surface area (Å²) in [5.74, 6) is 0.122. The molecular formula is C16H19NO3S. The van der Waals surface area contributed by atoms with Crippen molar-refractivity contribution in [3.8, 4) is 0 Å². The maximum Gasteiger partial charge on any atom is 0.330 e. The molecule has 1 amide bonds. The Kier molecular flexibility index (Phi) is 3.93. The maximum atomic E-state index is 12.2. The number of amides is 1. The van der Waals surface area contributed by atoms with E-state index in [-0.39, 0.29) is 12.3 Å². The number of nitrogens with one attached hydrogen (secondary N) is 1. The van der Waals surface area contributed by atoms with E-state index in [9.17, 15) is 14.7 Å². The summed E-state index contributed by atoms with van der Waals surface area (Å²) in [4.78, 5) is 23.6. The molecule has 5 heteroatoms. The summed E-state index contributed by atoms with van der Waals surface area (Å²) in [5, 5.41) is 12.1. The predicted molar refractivity (Wildman–Crippen MR) is 82.6 cm³/mol. The molecule has 0 spiro atoms. The van der Waals surface area contributed by atoms with Crippen LogP contribution in [0.25, 0.3) is 0 Å². The lowest BCUT2D eigenvalue weighted by molar-refractivity contribution is -0.146. The summed E-state index contributed by atoms with van der Waals surface area (Å²) in [5.41, 5.74) is 2.62. The number of carbonyl (C=O) groups excluding carboxylic acids is 1. The normalized spacial score (nSPS) is 23.8. The van der Waals surface area contributed by atoms with Gasteiger partial charge in [0.05, 0.1) is 6.42 Å². The summed E-state index contributed by atoms with van der Waals surface area (Å²) < 4.78 is 0. The number of hydrogen-bond donors (Lipinski definition) is 2. The van der Waals surface area contributed by atoms with E-state index in [4.69, 9.17) is 0 Å². The summed E-state index contributed by atoms with van der Waals surface area (Å²) in [6, 6.07) is 6.18. The summed E-state index contributed by atoms with van der Waals surface area (Å²) in [6.07, 6.45) is 4.15. The van der Waals surface area contributed by atoms with Gasteiger partial charge in [-0.2, -0.15) is 11.8 Å². The number of thioether (sulfide) groups is 1. The van der Waals surface area contributed by atoms with E-state index in [1.807, 2.05) is 6.07 Å². The molecule has 0 saturated carbocycles. The van der Waals surface area contributed by atoms with E-state index in [1.165, 1.54) is 17.5 Å². The van der Waals surface area contributed by atoms with Gasteiger partial charge in [-0.1, -0.05) is 18.2 Å². The van der Waals surface area contributed by atoms with Crippen molar-refractivity contribution < 1.29 is 14.7 Å². The predicted octanol–water partition coefficient (Wildman–Crippen LogP) is 1.79. The van der Waals surface area contributed by atoms with E-state index >= 15 is 0 Å². The van der Waals surface area contributed by atoms with Crippen LogP contribution in [0, 0.1) is 0 Å². The van der Waals surface area contributed by atoms with Crippen LogP contribution in [0.4, 0.5) is 0 Å². The summed E-state index contributed by atoms with van der Waals surface area (Å²) in [7, 11) is 0. The third kappa shape index (κ3) is 2.93. The van der Waals surface area contributed by atoms with Crippen molar-refractivity contribution in [2.75, 3.05) is 11.5 Å². The van der Waals surface area contributed by atoms with Gasteiger partial charge in [-0.05, 0) is 48.1 Å². The smallest absolute Gasteiger partial charge is 0.330 e. The van der Waals surface area contributed by atoms with Gasteiger partial charge in [0.15, 0.2) is 0 Å². The zero-order chi connectivity index (χ0) is 14.9. The topological polar surface area (TPSA) is 66.4 Å². The fourth-order valence-electron chi connectivity index (χ4n) is 3.12. The first kappa shape index (κ1) is 14.4. The molecule has 3 rings (SSSR count). The Morgan fingerprint density at radius 1 is 1.29 bits per heavy atom. The molecule has 1 heterocycles. The Morgan fingerprint density at radius 2 is 2.10 bits per heavy atom. The van der Waals surface area contributed by atoms with E-state index in [0.717, 1.165) is 24.2 Å². The van der Waals surface area contributed by atoms with Crippen LogP contribution in [0.1, 0.15) is 29.5 Å². The second-order valence-corrected chi connectivity index (χ2v) is 6.98. The van der Waals surface area contributed by atoms with Crippen LogP contribution >= 0.6 is 11.8 Å². The highest BCUT2D eigenvalue weighted by atomic mass is 32.2. The van der Waals surface area contributed by atoms with Crippen LogP contribution in [0.3, 0.4) is 0 Å². The summed E-state index contributed by atoms with van der Waals surface area (Å²) in [6.45, 7) is 0. The number of carboxylic acids is 1. The molecule has 0 radical (unpaired) electrons. The van der Waals surface area contributed by atoms with Crippen LogP contribution in [-0.2, 0) is 28.9 Å². The first-order valence-electron chi connectivity index (χ1n) is 7.32. The van der Waals surface area contributed by atoms with E-state index in [0.29, 0.717) is 12.2 Å². The molecule has 1 fully saturated rings. The quantitative estimate of drug-likeness (QED) is 0.890. The van der Waals surface area contributed by atoms with Crippen molar-refractivity contribution >= 4 is 23.6 Å². The van der Waals surface area contributed by atoms with Crippen LogP contribution in [-0.4, -0.2) is 34.0 Å². The lowest BCUT2D eigenvalue weighted by Gasteiger charge is -2.24. The fraction of sp³-hybridized carbons (Fsp3) is 0.500. The van der Waals surface area contributed by atoms with Crippen molar-refractivity contribution in [3.63, 3.8) is 0 Å². The number of carbonyl (C=O) groups is 2. The second-order valence-electron chi connectivity index (χ2n) is 5.87. The molecular weight excluding hydrogens is 286 g/mol. The monoisotopic (exact) mass is 305 g/mol. The second kappa shape index (κ2) is 5.72. The van der Waals surface area contributed by atoms with Gasteiger partial charge >= 0.3 is 5.97 Å². The van der Waals surface area contributed by atoms with E-state index in [1.54, 1.807) is 11.8 Å². The zero-order valence-electron chi connectivity index (χ0n) is 11.9. The molecule has 1 aromatic carbocycles. The Labute approximate surface area is 128 Å².